The molecule has 1 rings (SSSR count). The molecule has 1 aromatic carbocycles. The van der Waals surface area contributed by atoms with E-state index in [0.29, 0.717) is 40.3 Å². The molecule has 4 nitrogen and oxygen atoms in total. The van der Waals surface area contributed by atoms with Gasteiger partial charge in [0.15, 0.2) is 0 Å². The fraction of sp³-hybridized carbons (Fsp3) is 0.533. The molecule has 0 saturated carbocycles. The fourth-order valence-electron chi connectivity index (χ4n) is 1.81. The lowest BCUT2D eigenvalue weighted by molar-refractivity contribution is -0.116. The van der Waals surface area contributed by atoms with Gasteiger partial charge in [-0.2, -0.15) is 0 Å². The second kappa shape index (κ2) is 8.47. The quantitative estimate of drug-likeness (QED) is 0.745. The summed E-state index contributed by atoms with van der Waals surface area (Å²) in [4.78, 5) is 14.1. The van der Waals surface area contributed by atoms with Crippen LogP contribution in [-0.2, 0) is 4.79 Å². The highest BCUT2D eigenvalue weighted by Crippen LogP contribution is 2.32. The van der Waals surface area contributed by atoms with Crippen LogP contribution in [-0.4, -0.2) is 30.9 Å². The first kappa shape index (κ1) is 18.1. The molecule has 0 spiro atoms. The van der Waals surface area contributed by atoms with Crippen molar-refractivity contribution in [2.24, 2.45) is 5.92 Å². The molecule has 0 aromatic heterocycles. The summed E-state index contributed by atoms with van der Waals surface area (Å²) in [5.41, 5.74) is 6.61. The second-order valence-electron chi connectivity index (χ2n) is 5.64. The number of anilines is 2. The molecule has 118 valence electrons. The van der Waals surface area contributed by atoms with Crippen molar-refractivity contribution >= 4 is 40.5 Å². The predicted octanol–water partition coefficient (Wildman–Crippen LogP) is 3.88. The van der Waals surface area contributed by atoms with Crippen molar-refractivity contribution in [3.05, 3.63) is 22.2 Å². The van der Waals surface area contributed by atoms with Gasteiger partial charge in [-0.25, -0.2) is 0 Å². The monoisotopic (exact) mass is 331 g/mol. The molecule has 3 N–H and O–H groups in total. The van der Waals surface area contributed by atoms with Gasteiger partial charge in [-0.15, -0.1) is 0 Å². The Bertz CT molecular complexity index is 469. The van der Waals surface area contributed by atoms with E-state index in [-0.39, 0.29) is 5.91 Å². The molecule has 0 heterocycles. The number of nitrogen functional groups attached to an aromatic ring is 1. The van der Waals surface area contributed by atoms with Gasteiger partial charge >= 0.3 is 0 Å². The number of hydrogen-bond acceptors (Lipinski definition) is 3. The van der Waals surface area contributed by atoms with E-state index in [2.05, 4.69) is 24.1 Å². The normalized spacial score (nSPS) is 11.2. The molecule has 0 fully saturated rings. The van der Waals surface area contributed by atoms with Crippen molar-refractivity contribution in [1.82, 2.24) is 4.90 Å². The lowest BCUT2D eigenvalue weighted by Crippen LogP contribution is -2.26. The minimum Gasteiger partial charge on any atom is -0.397 e. The maximum atomic E-state index is 12.0. The number of amides is 1. The zero-order valence-electron chi connectivity index (χ0n) is 12.7. The lowest BCUT2D eigenvalue weighted by atomic mass is 10.1. The fourth-order valence-corrected chi connectivity index (χ4v) is 2.37. The van der Waals surface area contributed by atoms with Crippen molar-refractivity contribution in [3.8, 4) is 0 Å². The summed E-state index contributed by atoms with van der Waals surface area (Å²) in [5.74, 6) is 0.552. The van der Waals surface area contributed by atoms with Gasteiger partial charge in [0.25, 0.3) is 0 Å². The van der Waals surface area contributed by atoms with Crippen molar-refractivity contribution in [1.29, 1.82) is 0 Å². The van der Waals surface area contributed by atoms with Crippen LogP contribution in [0.15, 0.2) is 12.1 Å². The van der Waals surface area contributed by atoms with Gasteiger partial charge in [-0.3, -0.25) is 4.79 Å². The van der Waals surface area contributed by atoms with Crippen molar-refractivity contribution in [2.75, 3.05) is 31.2 Å². The Hall–Kier alpha value is -0.970. The van der Waals surface area contributed by atoms with Gasteiger partial charge < -0.3 is 16.0 Å². The highest BCUT2D eigenvalue weighted by atomic mass is 35.5. The smallest absolute Gasteiger partial charge is 0.225 e. The molecule has 0 bridgehead atoms. The number of benzene rings is 1. The van der Waals surface area contributed by atoms with Gasteiger partial charge in [0.1, 0.15) is 0 Å². The van der Waals surface area contributed by atoms with Gasteiger partial charge in [0, 0.05) is 18.0 Å². The van der Waals surface area contributed by atoms with Crippen molar-refractivity contribution < 1.29 is 4.79 Å². The number of nitrogens with zero attached hydrogens (tertiary/aromatic N) is 1. The number of rotatable bonds is 7. The van der Waals surface area contributed by atoms with E-state index >= 15 is 0 Å². The molecule has 6 heteroatoms. The standard InChI is InChI=1S/C15H23Cl2N3O/c1-10(2)4-6-20(3)7-5-14(21)19-15-12(17)8-11(16)9-13(15)18/h8-10H,4-7,18H2,1-3H3,(H,19,21). The van der Waals surface area contributed by atoms with E-state index in [9.17, 15) is 4.79 Å². The first-order chi connectivity index (χ1) is 9.79. The van der Waals surface area contributed by atoms with Gasteiger partial charge in [0.05, 0.1) is 16.4 Å². The van der Waals surface area contributed by atoms with E-state index < -0.39 is 0 Å². The third-order valence-electron chi connectivity index (χ3n) is 3.16. The number of carbonyl (C=O) groups excluding carboxylic acids is 1. The van der Waals surface area contributed by atoms with Crippen LogP contribution in [0.25, 0.3) is 0 Å². The Kier molecular flexibility index (Phi) is 7.29. The molecule has 0 aliphatic carbocycles. The summed E-state index contributed by atoms with van der Waals surface area (Å²) >= 11 is 11.9. The van der Waals surface area contributed by atoms with Crippen LogP contribution in [0.1, 0.15) is 26.7 Å². The maximum Gasteiger partial charge on any atom is 0.225 e. The molecule has 0 aliphatic heterocycles. The molecule has 1 aromatic rings. The predicted molar refractivity (Wildman–Crippen MR) is 91.1 cm³/mol. The van der Waals surface area contributed by atoms with Crippen molar-refractivity contribution in [2.45, 2.75) is 26.7 Å². The van der Waals surface area contributed by atoms with E-state index in [4.69, 9.17) is 28.9 Å². The van der Waals surface area contributed by atoms with E-state index in [1.165, 1.54) is 0 Å². The maximum absolute atomic E-state index is 12.0. The van der Waals surface area contributed by atoms with Crippen LogP contribution in [0.2, 0.25) is 10.0 Å². The van der Waals surface area contributed by atoms with Crippen LogP contribution in [0, 0.1) is 5.92 Å². The van der Waals surface area contributed by atoms with Crippen LogP contribution in [0.4, 0.5) is 11.4 Å². The summed E-state index contributed by atoms with van der Waals surface area (Å²) in [6.45, 7) is 6.05. The first-order valence-corrected chi connectivity index (χ1v) is 7.78. The van der Waals surface area contributed by atoms with Crippen LogP contribution < -0.4 is 11.1 Å². The number of hydrogen-bond donors (Lipinski definition) is 2. The SMILES string of the molecule is CC(C)CCN(C)CCC(=O)Nc1c(N)cc(Cl)cc1Cl. The summed E-state index contributed by atoms with van der Waals surface area (Å²) in [6, 6.07) is 3.13. The topological polar surface area (TPSA) is 58.4 Å². The van der Waals surface area contributed by atoms with Gasteiger partial charge in [-0.05, 0) is 38.1 Å². The minimum atomic E-state index is -0.109. The average molecular weight is 332 g/mol. The molecule has 1 amide bonds. The summed E-state index contributed by atoms with van der Waals surface area (Å²) in [6.07, 6.45) is 1.51. The number of carbonyl (C=O) groups is 1. The van der Waals surface area contributed by atoms with Crippen LogP contribution in [0.3, 0.4) is 0 Å². The zero-order chi connectivity index (χ0) is 16.0. The van der Waals surface area contributed by atoms with Gasteiger partial charge in [0.2, 0.25) is 5.91 Å². The third-order valence-corrected chi connectivity index (χ3v) is 3.67. The van der Waals surface area contributed by atoms with E-state index in [1.54, 1.807) is 12.1 Å². The van der Waals surface area contributed by atoms with Crippen LogP contribution in [0.5, 0.6) is 0 Å². The Morgan fingerprint density at radius 2 is 2.00 bits per heavy atom. The van der Waals surface area contributed by atoms with Crippen molar-refractivity contribution in [3.63, 3.8) is 0 Å². The largest absolute Gasteiger partial charge is 0.397 e. The van der Waals surface area contributed by atoms with Crippen LogP contribution >= 0.6 is 23.2 Å². The lowest BCUT2D eigenvalue weighted by Gasteiger charge is -2.18. The Labute approximate surface area is 136 Å². The average Bonchev–Trinajstić information content (AvgIpc) is 2.38. The summed E-state index contributed by atoms with van der Waals surface area (Å²) < 4.78 is 0. The third kappa shape index (κ3) is 6.55. The number of nitrogens with two attached hydrogens (primary N) is 1. The second-order valence-corrected chi connectivity index (χ2v) is 6.48. The Morgan fingerprint density at radius 3 is 2.57 bits per heavy atom. The summed E-state index contributed by atoms with van der Waals surface area (Å²) in [5, 5.41) is 3.54. The molecular weight excluding hydrogens is 309 g/mol. The zero-order valence-corrected chi connectivity index (χ0v) is 14.3. The molecule has 21 heavy (non-hydrogen) atoms. The molecular formula is C15H23Cl2N3O. The highest BCUT2D eigenvalue weighted by Gasteiger charge is 2.11. The van der Waals surface area contributed by atoms with E-state index in [0.717, 1.165) is 13.0 Å². The molecule has 0 unspecified atom stereocenters. The number of halogens is 2. The van der Waals surface area contributed by atoms with Gasteiger partial charge in [-0.1, -0.05) is 37.0 Å². The molecule has 0 aliphatic rings. The molecule has 0 radical (unpaired) electrons. The molecule has 0 saturated heterocycles. The van der Waals surface area contributed by atoms with E-state index in [1.807, 2.05) is 7.05 Å². The Balaban J connectivity index is 2.48. The number of nitrogens with one attached hydrogen (secondary N) is 1. The highest BCUT2D eigenvalue weighted by molar-refractivity contribution is 6.37. The molecule has 0 atom stereocenters. The minimum absolute atomic E-state index is 0.109. The Morgan fingerprint density at radius 1 is 1.33 bits per heavy atom. The first-order valence-electron chi connectivity index (χ1n) is 7.02. The summed E-state index contributed by atoms with van der Waals surface area (Å²) in [7, 11) is 2.01.